The van der Waals surface area contributed by atoms with E-state index in [9.17, 15) is 4.79 Å². The maximum absolute atomic E-state index is 12.6. The fourth-order valence-electron chi connectivity index (χ4n) is 3.31. The summed E-state index contributed by atoms with van der Waals surface area (Å²) in [7, 11) is 0. The van der Waals surface area contributed by atoms with E-state index in [1.54, 1.807) is 0 Å². The summed E-state index contributed by atoms with van der Waals surface area (Å²) in [6.07, 6.45) is 1.73. The molecular formula is C20H23ClN2O. The van der Waals surface area contributed by atoms with E-state index in [0.717, 1.165) is 53.5 Å². The summed E-state index contributed by atoms with van der Waals surface area (Å²) >= 11 is 6.07. The maximum Gasteiger partial charge on any atom is 0.227 e. The van der Waals surface area contributed by atoms with Gasteiger partial charge in [0.2, 0.25) is 5.91 Å². The number of halogens is 1. The SMILES string of the molecule is Cc1cccc(C)c1NC(=O)C1CCN(c2cccc(Cl)c2)CC1. The number of benzene rings is 2. The van der Waals surface area contributed by atoms with Crippen LogP contribution in [0.2, 0.25) is 5.02 Å². The Hall–Kier alpha value is -2.00. The highest BCUT2D eigenvalue weighted by Crippen LogP contribution is 2.27. The molecule has 126 valence electrons. The molecule has 24 heavy (non-hydrogen) atoms. The van der Waals surface area contributed by atoms with Crippen LogP contribution in [-0.2, 0) is 4.79 Å². The molecule has 0 bridgehead atoms. The van der Waals surface area contributed by atoms with Crippen LogP contribution in [0.1, 0.15) is 24.0 Å². The lowest BCUT2D eigenvalue weighted by Gasteiger charge is -2.33. The number of nitrogens with zero attached hydrogens (tertiary/aromatic N) is 1. The first-order valence-electron chi connectivity index (χ1n) is 8.42. The van der Waals surface area contributed by atoms with Crippen LogP contribution >= 0.6 is 11.6 Å². The van der Waals surface area contributed by atoms with Gasteiger partial charge in [-0.15, -0.1) is 0 Å². The van der Waals surface area contributed by atoms with Gasteiger partial charge in [0.05, 0.1) is 0 Å². The van der Waals surface area contributed by atoms with Crippen molar-refractivity contribution >= 4 is 28.9 Å². The van der Waals surface area contributed by atoms with Crippen molar-refractivity contribution in [1.82, 2.24) is 0 Å². The molecule has 0 unspecified atom stereocenters. The average Bonchev–Trinajstić information content (AvgIpc) is 2.58. The van der Waals surface area contributed by atoms with Gasteiger partial charge in [-0.3, -0.25) is 4.79 Å². The molecule has 1 heterocycles. The maximum atomic E-state index is 12.6. The summed E-state index contributed by atoms with van der Waals surface area (Å²) in [5.74, 6) is 0.206. The number of carbonyl (C=O) groups is 1. The number of anilines is 2. The Morgan fingerprint density at radius 2 is 1.71 bits per heavy atom. The number of carbonyl (C=O) groups excluding carboxylic acids is 1. The second-order valence-electron chi connectivity index (χ2n) is 6.50. The van der Waals surface area contributed by atoms with Gasteiger partial charge in [-0.25, -0.2) is 0 Å². The van der Waals surface area contributed by atoms with Crippen LogP contribution in [0, 0.1) is 19.8 Å². The number of hydrogen-bond acceptors (Lipinski definition) is 2. The molecule has 1 fully saturated rings. The Morgan fingerprint density at radius 3 is 2.33 bits per heavy atom. The number of rotatable bonds is 3. The molecule has 1 aliphatic heterocycles. The minimum Gasteiger partial charge on any atom is -0.371 e. The molecule has 1 saturated heterocycles. The molecule has 0 aliphatic carbocycles. The van der Waals surface area contributed by atoms with E-state index in [0.29, 0.717) is 0 Å². The molecule has 1 aliphatic rings. The third kappa shape index (κ3) is 3.73. The number of hydrogen-bond donors (Lipinski definition) is 1. The molecule has 2 aromatic carbocycles. The van der Waals surface area contributed by atoms with Crippen molar-refractivity contribution in [1.29, 1.82) is 0 Å². The molecule has 0 radical (unpaired) electrons. The minimum atomic E-state index is 0.0689. The molecule has 1 amide bonds. The molecule has 0 saturated carbocycles. The molecule has 0 aromatic heterocycles. The van der Waals surface area contributed by atoms with Crippen LogP contribution in [0.4, 0.5) is 11.4 Å². The van der Waals surface area contributed by atoms with Crippen LogP contribution in [0.25, 0.3) is 0 Å². The van der Waals surface area contributed by atoms with Gasteiger partial charge in [0.25, 0.3) is 0 Å². The highest BCUT2D eigenvalue weighted by molar-refractivity contribution is 6.30. The molecule has 3 rings (SSSR count). The second-order valence-corrected chi connectivity index (χ2v) is 6.93. The van der Waals surface area contributed by atoms with Crippen molar-refractivity contribution in [3.63, 3.8) is 0 Å². The largest absolute Gasteiger partial charge is 0.371 e. The third-order valence-corrected chi connectivity index (χ3v) is 5.00. The predicted octanol–water partition coefficient (Wildman–Crippen LogP) is 4.81. The van der Waals surface area contributed by atoms with Gasteiger partial charge in [-0.05, 0) is 56.0 Å². The van der Waals surface area contributed by atoms with Crippen LogP contribution in [0.3, 0.4) is 0 Å². The van der Waals surface area contributed by atoms with Gasteiger partial charge < -0.3 is 10.2 Å². The molecule has 1 N–H and O–H groups in total. The first kappa shape index (κ1) is 16.8. The van der Waals surface area contributed by atoms with Crippen LogP contribution in [0.5, 0.6) is 0 Å². The molecular weight excluding hydrogens is 320 g/mol. The Labute approximate surface area is 148 Å². The van der Waals surface area contributed by atoms with E-state index < -0.39 is 0 Å². The average molecular weight is 343 g/mol. The van der Waals surface area contributed by atoms with E-state index in [4.69, 9.17) is 11.6 Å². The summed E-state index contributed by atoms with van der Waals surface area (Å²) in [6, 6.07) is 14.0. The number of para-hydroxylation sites is 1. The Kier molecular flexibility index (Phi) is 5.10. The van der Waals surface area contributed by atoms with E-state index in [1.165, 1.54) is 0 Å². The summed E-state index contributed by atoms with van der Waals surface area (Å²) in [4.78, 5) is 14.9. The van der Waals surface area contributed by atoms with Gasteiger partial charge in [-0.2, -0.15) is 0 Å². The molecule has 4 heteroatoms. The highest BCUT2D eigenvalue weighted by atomic mass is 35.5. The Bertz CT molecular complexity index is 716. The summed E-state index contributed by atoms with van der Waals surface area (Å²) in [5.41, 5.74) is 4.32. The zero-order valence-corrected chi connectivity index (χ0v) is 14.9. The lowest BCUT2D eigenvalue weighted by Crippen LogP contribution is -2.38. The van der Waals surface area contributed by atoms with E-state index in [2.05, 4.69) is 16.3 Å². The zero-order chi connectivity index (χ0) is 17.1. The lowest BCUT2D eigenvalue weighted by atomic mass is 9.95. The van der Waals surface area contributed by atoms with Gasteiger partial charge >= 0.3 is 0 Å². The smallest absolute Gasteiger partial charge is 0.227 e. The molecule has 0 spiro atoms. The first-order chi connectivity index (χ1) is 11.5. The van der Waals surface area contributed by atoms with Crippen LogP contribution in [-0.4, -0.2) is 19.0 Å². The van der Waals surface area contributed by atoms with Crippen molar-refractivity contribution < 1.29 is 4.79 Å². The summed E-state index contributed by atoms with van der Waals surface area (Å²) in [6.45, 7) is 5.82. The quantitative estimate of drug-likeness (QED) is 0.868. The fraction of sp³-hybridized carbons (Fsp3) is 0.350. The zero-order valence-electron chi connectivity index (χ0n) is 14.2. The minimum absolute atomic E-state index is 0.0689. The van der Waals surface area contributed by atoms with Crippen LogP contribution < -0.4 is 10.2 Å². The van der Waals surface area contributed by atoms with Crippen molar-refractivity contribution in [2.24, 2.45) is 5.92 Å². The second kappa shape index (κ2) is 7.27. The number of aryl methyl sites for hydroxylation is 2. The topological polar surface area (TPSA) is 32.3 Å². The van der Waals surface area contributed by atoms with Crippen LogP contribution in [0.15, 0.2) is 42.5 Å². The lowest BCUT2D eigenvalue weighted by molar-refractivity contribution is -0.120. The van der Waals surface area contributed by atoms with Gasteiger partial charge in [0.1, 0.15) is 0 Å². The molecule has 2 aromatic rings. The standard InChI is InChI=1S/C20H23ClN2O/c1-14-5-3-6-15(2)19(14)22-20(24)16-9-11-23(12-10-16)18-8-4-7-17(21)13-18/h3-8,13,16H,9-12H2,1-2H3,(H,22,24). The number of amides is 1. The Morgan fingerprint density at radius 1 is 1.08 bits per heavy atom. The Balaban J connectivity index is 1.61. The van der Waals surface area contributed by atoms with Crippen molar-refractivity contribution in [3.05, 3.63) is 58.6 Å². The van der Waals surface area contributed by atoms with Gasteiger partial charge in [0, 0.05) is 35.4 Å². The third-order valence-electron chi connectivity index (χ3n) is 4.77. The van der Waals surface area contributed by atoms with Gasteiger partial charge in [-0.1, -0.05) is 35.9 Å². The normalized spacial score (nSPS) is 15.4. The van der Waals surface area contributed by atoms with E-state index in [-0.39, 0.29) is 11.8 Å². The first-order valence-corrected chi connectivity index (χ1v) is 8.80. The monoisotopic (exact) mass is 342 g/mol. The summed E-state index contributed by atoms with van der Waals surface area (Å²) < 4.78 is 0. The highest BCUT2D eigenvalue weighted by Gasteiger charge is 2.25. The summed E-state index contributed by atoms with van der Waals surface area (Å²) in [5, 5.41) is 3.89. The molecule has 3 nitrogen and oxygen atoms in total. The van der Waals surface area contributed by atoms with Gasteiger partial charge in [0.15, 0.2) is 0 Å². The fourth-order valence-corrected chi connectivity index (χ4v) is 3.49. The molecule has 0 atom stereocenters. The van der Waals surface area contributed by atoms with Crippen molar-refractivity contribution in [2.75, 3.05) is 23.3 Å². The number of nitrogens with one attached hydrogen (secondary N) is 1. The van der Waals surface area contributed by atoms with E-state index >= 15 is 0 Å². The number of piperidine rings is 1. The van der Waals surface area contributed by atoms with Crippen molar-refractivity contribution in [2.45, 2.75) is 26.7 Å². The predicted molar refractivity (Wildman–Crippen MR) is 101 cm³/mol. The van der Waals surface area contributed by atoms with E-state index in [1.807, 2.05) is 50.2 Å². The van der Waals surface area contributed by atoms with Crippen molar-refractivity contribution in [3.8, 4) is 0 Å².